The summed E-state index contributed by atoms with van der Waals surface area (Å²) in [6.45, 7) is 2.31. The van der Waals surface area contributed by atoms with Gasteiger partial charge in [-0.25, -0.2) is 9.76 Å². The average Bonchev–Trinajstić information content (AvgIpc) is 2.19. The van der Waals surface area contributed by atoms with Crippen molar-refractivity contribution < 1.29 is 47.4 Å². The van der Waals surface area contributed by atoms with Gasteiger partial charge in [0.05, 0.1) is 6.61 Å². The van der Waals surface area contributed by atoms with Crippen LogP contribution in [0.3, 0.4) is 0 Å². The first kappa shape index (κ1) is 43.0. The maximum absolute atomic E-state index is 12.2. The van der Waals surface area contributed by atoms with Crippen LogP contribution in [-0.2, 0) is 9.09 Å². The van der Waals surface area contributed by atoms with Gasteiger partial charge in [-0.1, -0.05) is 0 Å². The molecule has 14 heteroatoms. The molecule has 1 unspecified atom stereocenters. The summed E-state index contributed by atoms with van der Waals surface area (Å²) >= 11 is 11.2. The fraction of sp³-hybridized carbons (Fsp3) is 1.00. The van der Waals surface area contributed by atoms with Gasteiger partial charge >= 0.3 is 7.67 Å². The fourth-order valence-electron chi connectivity index (χ4n) is 1.28. The zero-order valence-electron chi connectivity index (χ0n) is 11.4. The highest BCUT2D eigenvalue weighted by atomic mass is 35.5. The van der Waals surface area contributed by atoms with Gasteiger partial charge in [0.2, 0.25) is 0 Å². The van der Waals surface area contributed by atoms with Crippen LogP contribution in [0.5, 0.6) is 0 Å². The minimum absolute atomic E-state index is 0. The first-order valence-corrected chi connectivity index (χ1v) is 7.24. The Morgan fingerprint density at radius 2 is 1.38 bits per heavy atom. The van der Waals surface area contributed by atoms with E-state index in [1.54, 1.807) is 4.67 Å². The van der Waals surface area contributed by atoms with Gasteiger partial charge in [-0.05, 0) is 6.42 Å². The highest BCUT2D eigenvalue weighted by Gasteiger charge is 2.32. The van der Waals surface area contributed by atoms with Crippen molar-refractivity contribution in [1.29, 1.82) is 0 Å². The summed E-state index contributed by atoms with van der Waals surface area (Å²) in [6.07, 6.45) is 0.888. The smallest absolute Gasteiger partial charge is 0.343 e. The van der Waals surface area contributed by atoms with Gasteiger partial charge in [0.1, 0.15) is 0 Å². The van der Waals surface area contributed by atoms with Crippen LogP contribution in [0.1, 0.15) is 6.42 Å². The molecule has 0 bridgehead atoms. The lowest BCUT2D eigenvalue weighted by atomic mass is 10.5. The third-order valence-electron chi connectivity index (χ3n) is 1.96. The summed E-state index contributed by atoms with van der Waals surface area (Å²) in [5, 5.41) is 2.91. The molecule has 0 aliphatic carbocycles. The lowest BCUT2D eigenvalue weighted by Crippen LogP contribution is -2.35. The van der Waals surface area contributed by atoms with Crippen LogP contribution in [0, 0.1) is 0 Å². The van der Waals surface area contributed by atoms with Crippen LogP contribution < -0.4 is 5.09 Å². The van der Waals surface area contributed by atoms with Gasteiger partial charge < -0.3 is 42.9 Å². The average molecular weight is 387 g/mol. The van der Waals surface area contributed by atoms with Crippen LogP contribution in [0.25, 0.3) is 0 Å². The number of nitrogens with one attached hydrogen (secondary N) is 1. The van der Waals surface area contributed by atoms with Crippen molar-refractivity contribution >= 4 is 30.9 Å². The summed E-state index contributed by atoms with van der Waals surface area (Å²) in [5.41, 5.74) is 0. The normalized spacial score (nSPS) is 18.8. The second-order valence-electron chi connectivity index (χ2n) is 2.95. The molecule has 1 rings (SSSR count). The molecule has 0 aromatic heterocycles. The lowest BCUT2D eigenvalue weighted by Gasteiger charge is -2.33. The number of hydrogen-bond donors (Lipinski definition) is 1. The Labute approximate surface area is 133 Å². The number of nitrogens with zero attached hydrogens (tertiary/aromatic N) is 1. The second-order valence-corrected chi connectivity index (χ2v) is 5.88. The maximum atomic E-state index is 12.2. The number of alkyl halides is 2. The molecule has 11 nitrogen and oxygen atoms in total. The largest absolute Gasteiger partial charge is 0.412 e. The van der Waals surface area contributed by atoms with Crippen LogP contribution in [0.15, 0.2) is 0 Å². The Bertz CT molecular complexity index is 214. The Morgan fingerprint density at radius 1 is 0.952 bits per heavy atom. The molecule has 1 atom stereocenters. The standard InChI is InChI=1S/C7H15Cl2N2O2P.7H2O/c8-2-5-11(6-3-9)14(12)10-4-1-7-13-14;;;;;;;/h1-7H2,(H,10,12);7*1H2. The van der Waals surface area contributed by atoms with Crippen molar-refractivity contribution in [3.63, 3.8) is 0 Å². The van der Waals surface area contributed by atoms with Crippen LogP contribution in [-0.4, -0.2) is 81.0 Å². The van der Waals surface area contributed by atoms with E-state index in [9.17, 15) is 4.57 Å². The molecule has 1 aliphatic rings. The summed E-state index contributed by atoms with van der Waals surface area (Å²) in [5.74, 6) is 0.845. The van der Waals surface area contributed by atoms with E-state index in [0.29, 0.717) is 31.5 Å². The molecule has 15 N–H and O–H groups in total. The van der Waals surface area contributed by atoms with E-state index in [1.807, 2.05) is 0 Å². The van der Waals surface area contributed by atoms with E-state index in [0.717, 1.165) is 13.0 Å². The van der Waals surface area contributed by atoms with Crippen molar-refractivity contribution in [2.75, 3.05) is 38.0 Å². The van der Waals surface area contributed by atoms with Crippen molar-refractivity contribution in [2.45, 2.75) is 6.42 Å². The summed E-state index contributed by atoms with van der Waals surface area (Å²) in [7, 11) is -2.84. The Hall–Kier alpha value is 0.410. The molecular formula is C7H29Cl2N2O9P. The summed E-state index contributed by atoms with van der Waals surface area (Å²) in [6, 6.07) is 0. The van der Waals surface area contributed by atoms with Gasteiger partial charge in [-0.2, -0.15) is 0 Å². The second kappa shape index (κ2) is 22.7. The minimum atomic E-state index is -2.84. The zero-order valence-corrected chi connectivity index (χ0v) is 13.8. The SMILES string of the molecule is O.O.O.O.O.O.O.O=P1(N(CCCl)CCCl)NCCCO1. The van der Waals surface area contributed by atoms with E-state index < -0.39 is 7.67 Å². The minimum Gasteiger partial charge on any atom is -0.412 e. The Kier molecular flexibility index (Phi) is 46.4. The molecule has 0 spiro atoms. The molecule has 1 aliphatic heterocycles. The predicted molar refractivity (Wildman–Crippen MR) is 84.5 cm³/mol. The molecule has 1 saturated heterocycles. The van der Waals surface area contributed by atoms with Crippen molar-refractivity contribution in [3.8, 4) is 0 Å². The zero-order chi connectivity index (χ0) is 10.4. The van der Waals surface area contributed by atoms with Crippen molar-refractivity contribution in [1.82, 2.24) is 9.76 Å². The third-order valence-corrected chi connectivity index (χ3v) is 4.60. The molecule has 0 amide bonds. The van der Waals surface area contributed by atoms with Gasteiger partial charge in [0.15, 0.2) is 0 Å². The molecule has 0 radical (unpaired) electrons. The van der Waals surface area contributed by atoms with Gasteiger partial charge in [-0.3, -0.25) is 4.57 Å². The molecular weight excluding hydrogens is 358 g/mol. The van der Waals surface area contributed by atoms with Crippen molar-refractivity contribution in [3.05, 3.63) is 0 Å². The van der Waals surface area contributed by atoms with Crippen molar-refractivity contribution in [2.24, 2.45) is 0 Å². The van der Waals surface area contributed by atoms with Crippen LogP contribution >= 0.6 is 30.9 Å². The maximum Gasteiger partial charge on any atom is 0.343 e. The summed E-state index contributed by atoms with van der Waals surface area (Å²) < 4.78 is 19.2. The Balaban J connectivity index is -0.0000000560. The monoisotopic (exact) mass is 386 g/mol. The first-order chi connectivity index (χ1) is 6.73. The molecule has 0 saturated carbocycles. The Morgan fingerprint density at radius 3 is 1.67 bits per heavy atom. The summed E-state index contributed by atoms with van der Waals surface area (Å²) in [4.78, 5) is 0. The topological polar surface area (TPSA) is 262 Å². The predicted octanol–water partition coefficient (Wildman–Crippen LogP) is -3.89. The van der Waals surface area contributed by atoms with Gasteiger partial charge in [-0.15, -0.1) is 23.2 Å². The molecule has 1 heterocycles. The first-order valence-electron chi connectivity index (χ1n) is 4.60. The highest BCUT2D eigenvalue weighted by Crippen LogP contribution is 2.47. The number of hydrogen-bond acceptors (Lipinski definition) is 2. The molecule has 21 heavy (non-hydrogen) atoms. The molecule has 1 fully saturated rings. The van der Waals surface area contributed by atoms with E-state index in [1.165, 1.54) is 0 Å². The van der Waals surface area contributed by atoms with Crippen LogP contribution in [0.4, 0.5) is 0 Å². The molecule has 140 valence electrons. The molecule has 0 aromatic carbocycles. The van der Waals surface area contributed by atoms with E-state index >= 15 is 0 Å². The number of rotatable bonds is 5. The fourth-order valence-corrected chi connectivity index (χ4v) is 3.92. The van der Waals surface area contributed by atoms with E-state index in [4.69, 9.17) is 27.7 Å². The quantitative estimate of drug-likeness (QED) is 0.366. The van der Waals surface area contributed by atoms with E-state index in [-0.39, 0.29) is 38.3 Å². The molecule has 0 aromatic rings. The van der Waals surface area contributed by atoms with Gasteiger partial charge in [0.25, 0.3) is 0 Å². The highest BCUT2D eigenvalue weighted by molar-refractivity contribution is 7.54. The van der Waals surface area contributed by atoms with Gasteiger partial charge in [0, 0.05) is 31.4 Å². The third kappa shape index (κ3) is 13.8. The van der Waals surface area contributed by atoms with Crippen LogP contribution in [0.2, 0.25) is 0 Å². The van der Waals surface area contributed by atoms with E-state index in [2.05, 4.69) is 5.09 Å². The lowest BCUT2D eigenvalue weighted by molar-refractivity contribution is 0.233. The number of halogens is 2.